The van der Waals surface area contributed by atoms with E-state index in [1.165, 1.54) is 18.1 Å². The second-order valence-corrected chi connectivity index (χ2v) is 10.8. The highest BCUT2D eigenvalue weighted by molar-refractivity contribution is 7.09. The Kier molecular flexibility index (Phi) is 5.87. The number of likely N-dealkylation sites (tertiary alicyclic amines) is 1. The maximum atomic E-state index is 12.9. The monoisotopic (exact) mass is 529 g/mol. The van der Waals surface area contributed by atoms with Gasteiger partial charge in [0, 0.05) is 30.1 Å². The van der Waals surface area contributed by atoms with Gasteiger partial charge >= 0.3 is 6.18 Å². The zero-order valence-electron chi connectivity index (χ0n) is 20.2. The van der Waals surface area contributed by atoms with Crippen molar-refractivity contribution < 1.29 is 22.8 Å². The number of nitrogens with one attached hydrogen (secondary N) is 1. The largest absolute Gasteiger partial charge is 0.435 e. The van der Waals surface area contributed by atoms with Gasteiger partial charge in [0.2, 0.25) is 5.91 Å². The standard InChI is InChI=1S/C26H26F3N5O2S/c1-16-12-22(26(27,28)29)31-34(16)14-23(35)33-10-7-18(8-11-33)24-30-21(15-37-24)20-13-25(36-32-20)9-6-17-4-2-3-5-19(17)25/h2-5,12-13,15,18,32H,6-11,14H2,1H3/t25-/m1/s1. The van der Waals surface area contributed by atoms with Crippen molar-refractivity contribution in [1.82, 2.24) is 25.1 Å². The smallest absolute Gasteiger partial charge is 0.341 e. The third-order valence-corrected chi connectivity index (χ3v) is 8.52. The summed E-state index contributed by atoms with van der Waals surface area (Å²) < 4.78 is 39.9. The van der Waals surface area contributed by atoms with Gasteiger partial charge in [-0.05, 0) is 55.9 Å². The van der Waals surface area contributed by atoms with Crippen molar-refractivity contribution in [3.05, 3.63) is 75.0 Å². The van der Waals surface area contributed by atoms with Crippen LogP contribution in [0.25, 0.3) is 5.70 Å². The highest BCUT2D eigenvalue weighted by atomic mass is 32.1. The van der Waals surface area contributed by atoms with Crippen LogP contribution in [0.1, 0.15) is 58.4 Å². The average Bonchev–Trinajstić information content (AvgIpc) is 3.67. The summed E-state index contributed by atoms with van der Waals surface area (Å²) in [5.74, 6) is 0.00737. The van der Waals surface area contributed by atoms with Crippen LogP contribution in [0.5, 0.6) is 0 Å². The van der Waals surface area contributed by atoms with E-state index in [0.717, 1.165) is 52.8 Å². The molecule has 0 bridgehead atoms. The van der Waals surface area contributed by atoms with E-state index in [0.29, 0.717) is 18.8 Å². The van der Waals surface area contributed by atoms with Crippen LogP contribution >= 0.6 is 11.3 Å². The Morgan fingerprint density at radius 3 is 2.81 bits per heavy atom. The maximum absolute atomic E-state index is 12.9. The van der Waals surface area contributed by atoms with Gasteiger partial charge in [-0.3, -0.25) is 19.8 Å². The molecule has 7 nitrogen and oxygen atoms in total. The first kappa shape index (κ1) is 24.2. The van der Waals surface area contributed by atoms with Crippen LogP contribution in [0, 0.1) is 6.92 Å². The second-order valence-electron chi connectivity index (χ2n) is 9.86. The van der Waals surface area contributed by atoms with E-state index in [1.54, 1.807) is 16.2 Å². The molecule has 11 heteroatoms. The van der Waals surface area contributed by atoms with Gasteiger partial charge < -0.3 is 4.90 Å². The third kappa shape index (κ3) is 4.44. The Bertz CT molecular complexity index is 1370. The van der Waals surface area contributed by atoms with Gasteiger partial charge in [-0.1, -0.05) is 24.3 Å². The van der Waals surface area contributed by atoms with Crippen LogP contribution in [0.2, 0.25) is 0 Å². The predicted molar refractivity (Wildman–Crippen MR) is 131 cm³/mol. The summed E-state index contributed by atoms with van der Waals surface area (Å²) in [6.07, 6.45) is 0.991. The first-order valence-corrected chi connectivity index (χ1v) is 13.2. The fraction of sp³-hybridized carbons (Fsp3) is 0.423. The lowest BCUT2D eigenvalue weighted by atomic mass is 9.95. The number of thiazole rings is 1. The molecule has 2 aliphatic heterocycles. The Balaban J connectivity index is 1.08. The fourth-order valence-corrected chi connectivity index (χ4v) is 6.43. The molecular formula is C26H26F3N5O2S. The number of aryl methyl sites for hydroxylation is 2. The maximum Gasteiger partial charge on any atom is 0.435 e. The summed E-state index contributed by atoms with van der Waals surface area (Å²) in [7, 11) is 0. The number of hydrogen-bond acceptors (Lipinski definition) is 6. The number of rotatable bonds is 4. The van der Waals surface area contributed by atoms with E-state index >= 15 is 0 Å². The Morgan fingerprint density at radius 1 is 1.27 bits per heavy atom. The Morgan fingerprint density at radius 2 is 2.05 bits per heavy atom. The van der Waals surface area contributed by atoms with Crippen molar-refractivity contribution in [3.8, 4) is 0 Å². The quantitative estimate of drug-likeness (QED) is 0.526. The lowest BCUT2D eigenvalue weighted by Gasteiger charge is -2.31. The molecule has 0 unspecified atom stereocenters. The summed E-state index contributed by atoms with van der Waals surface area (Å²) in [5.41, 5.74) is 6.23. The summed E-state index contributed by atoms with van der Waals surface area (Å²) in [6, 6.07) is 9.32. The van der Waals surface area contributed by atoms with Gasteiger partial charge in [0.15, 0.2) is 5.69 Å². The van der Waals surface area contributed by atoms with Crippen LogP contribution in [0.15, 0.2) is 41.8 Å². The summed E-state index contributed by atoms with van der Waals surface area (Å²) >= 11 is 1.61. The van der Waals surface area contributed by atoms with Crippen LogP contribution in [0.4, 0.5) is 13.2 Å². The van der Waals surface area contributed by atoms with Gasteiger partial charge in [0.25, 0.3) is 0 Å². The highest BCUT2D eigenvalue weighted by Crippen LogP contribution is 2.45. The first-order valence-electron chi connectivity index (χ1n) is 12.3. The van der Waals surface area contributed by atoms with Crippen LogP contribution in [-0.4, -0.2) is 38.7 Å². The molecule has 1 N–H and O–H groups in total. The van der Waals surface area contributed by atoms with E-state index in [4.69, 9.17) is 9.82 Å². The molecule has 194 valence electrons. The van der Waals surface area contributed by atoms with E-state index in [9.17, 15) is 18.0 Å². The molecule has 4 heterocycles. The topological polar surface area (TPSA) is 72.3 Å². The molecule has 3 aliphatic rings. The van der Waals surface area contributed by atoms with Crippen LogP contribution in [0.3, 0.4) is 0 Å². The fourth-order valence-electron chi connectivity index (χ4n) is 5.44. The lowest BCUT2D eigenvalue weighted by molar-refractivity contribution is -0.142. The zero-order chi connectivity index (χ0) is 25.8. The highest BCUT2D eigenvalue weighted by Gasteiger charge is 2.43. The first-order chi connectivity index (χ1) is 17.7. The number of fused-ring (bicyclic) bond motifs is 2. The van der Waals surface area contributed by atoms with E-state index in [2.05, 4.69) is 34.9 Å². The molecule has 1 amide bonds. The molecule has 0 saturated carbocycles. The molecule has 6 rings (SSSR count). The second kappa shape index (κ2) is 8.98. The molecule has 37 heavy (non-hydrogen) atoms. The van der Waals surface area contributed by atoms with Gasteiger partial charge in [-0.25, -0.2) is 4.98 Å². The Hall–Kier alpha value is -3.18. The van der Waals surface area contributed by atoms with Crippen LogP contribution < -0.4 is 5.48 Å². The predicted octanol–water partition coefficient (Wildman–Crippen LogP) is 4.79. The minimum Gasteiger partial charge on any atom is -0.341 e. The minimum atomic E-state index is -4.53. The number of carbonyl (C=O) groups excluding carboxylic acids is 1. The van der Waals surface area contributed by atoms with Gasteiger partial charge in [0.05, 0.1) is 16.4 Å². The summed E-state index contributed by atoms with van der Waals surface area (Å²) in [6.45, 7) is 2.40. The van der Waals surface area contributed by atoms with Gasteiger partial charge in [0.1, 0.15) is 12.1 Å². The van der Waals surface area contributed by atoms with E-state index < -0.39 is 17.5 Å². The zero-order valence-corrected chi connectivity index (χ0v) is 21.0. The number of piperidine rings is 1. The summed E-state index contributed by atoms with van der Waals surface area (Å²) in [5, 5.41) is 6.63. The van der Waals surface area contributed by atoms with Crippen molar-refractivity contribution in [2.45, 2.75) is 56.8 Å². The molecule has 0 radical (unpaired) electrons. The molecule has 1 fully saturated rings. The number of hydroxylamine groups is 1. The molecule has 1 aromatic carbocycles. The van der Waals surface area contributed by atoms with E-state index in [-0.39, 0.29) is 18.4 Å². The molecule has 1 aliphatic carbocycles. The molecule has 3 aromatic rings. The minimum absolute atomic E-state index is 0.196. The number of halogens is 3. The Labute approximate surface area is 215 Å². The van der Waals surface area contributed by atoms with Crippen molar-refractivity contribution in [3.63, 3.8) is 0 Å². The molecule has 1 atom stereocenters. The van der Waals surface area contributed by atoms with Crippen molar-refractivity contribution in [1.29, 1.82) is 0 Å². The number of alkyl halides is 3. The number of carbonyl (C=O) groups is 1. The number of benzene rings is 1. The van der Waals surface area contributed by atoms with Crippen molar-refractivity contribution in [2.24, 2.45) is 0 Å². The molecule has 1 saturated heterocycles. The van der Waals surface area contributed by atoms with Crippen LogP contribution in [-0.2, 0) is 34.4 Å². The molecule has 1 spiro atoms. The summed E-state index contributed by atoms with van der Waals surface area (Å²) in [4.78, 5) is 25.4. The molecular weight excluding hydrogens is 503 g/mol. The van der Waals surface area contributed by atoms with E-state index in [1.807, 2.05) is 11.4 Å². The van der Waals surface area contributed by atoms with Gasteiger partial charge in [-0.2, -0.15) is 18.3 Å². The number of amides is 1. The SMILES string of the molecule is Cc1cc(C(F)(F)F)nn1CC(=O)N1CCC(c2nc(C3=C[C@@]4(CCc5ccccc54)ON3)cs2)CC1. The number of nitrogens with zero attached hydrogens (tertiary/aromatic N) is 4. The number of hydrogen-bond donors (Lipinski definition) is 1. The third-order valence-electron chi connectivity index (χ3n) is 7.51. The lowest BCUT2D eigenvalue weighted by Crippen LogP contribution is -2.40. The normalized spacial score (nSPS) is 21.8. The van der Waals surface area contributed by atoms with Crippen molar-refractivity contribution >= 4 is 22.9 Å². The number of aromatic nitrogens is 3. The average molecular weight is 530 g/mol. The molecule has 2 aromatic heterocycles. The van der Waals surface area contributed by atoms with Crippen molar-refractivity contribution in [2.75, 3.05) is 13.1 Å². The van der Waals surface area contributed by atoms with Gasteiger partial charge in [-0.15, -0.1) is 11.3 Å².